The molecular formula is C42H60N4O2. The zero-order chi connectivity index (χ0) is 34.1. The Morgan fingerprint density at radius 2 is 1.60 bits per heavy atom. The molecule has 1 aromatic heterocycles. The average molecular weight is 653 g/mol. The zero-order valence-corrected chi connectivity index (χ0v) is 30.8. The fraction of sp³-hybridized carbons (Fsp3) is 0.714. The van der Waals surface area contributed by atoms with E-state index in [1.54, 1.807) is 0 Å². The molecule has 1 aromatic carbocycles. The molecule has 3 unspecified atom stereocenters. The number of hydrogen-bond acceptors (Lipinski definition) is 4. The predicted molar refractivity (Wildman–Crippen MR) is 195 cm³/mol. The van der Waals surface area contributed by atoms with Gasteiger partial charge in [-0.2, -0.15) is 5.10 Å². The van der Waals surface area contributed by atoms with Crippen LogP contribution in [0.15, 0.2) is 29.8 Å². The number of hydrogen-bond donors (Lipinski definition) is 3. The van der Waals surface area contributed by atoms with Crippen LogP contribution < -0.4 is 10.6 Å². The lowest BCUT2D eigenvalue weighted by Crippen LogP contribution is -2.65. The molecule has 6 aliphatic rings. The molecule has 0 spiro atoms. The van der Waals surface area contributed by atoms with Crippen LogP contribution >= 0.6 is 0 Å². The first kappa shape index (κ1) is 32.4. The Labute approximate surface area is 288 Å². The summed E-state index contributed by atoms with van der Waals surface area (Å²) in [5.41, 5.74) is 14.2. The second kappa shape index (κ2) is 10.4. The van der Waals surface area contributed by atoms with Gasteiger partial charge in [0, 0.05) is 35.4 Å². The van der Waals surface area contributed by atoms with E-state index in [0.29, 0.717) is 17.7 Å². The number of H-pyrrole nitrogens is 1. The number of benzene rings is 1. The number of nitrogens with zero attached hydrogens (tertiary/aromatic N) is 2. The minimum Gasteiger partial charge on any atom is -0.481 e. The lowest BCUT2D eigenvalue weighted by molar-refractivity contribution is -0.175. The van der Waals surface area contributed by atoms with Gasteiger partial charge in [-0.05, 0) is 140 Å². The van der Waals surface area contributed by atoms with Crippen LogP contribution in [0, 0.1) is 44.8 Å². The summed E-state index contributed by atoms with van der Waals surface area (Å²) < 4.78 is 0. The lowest BCUT2D eigenvalue weighted by Gasteiger charge is -2.71. The molecule has 4 fully saturated rings. The first-order valence-corrected chi connectivity index (χ1v) is 19.2. The number of carbonyl (C=O) groups is 1. The number of anilines is 2. The predicted octanol–water partition coefficient (Wildman–Crippen LogP) is 9.41. The normalized spacial score (nSPS) is 39.8. The maximum atomic E-state index is 13.5. The molecule has 2 aromatic rings. The Balaban J connectivity index is 1.33. The molecule has 5 aliphatic carbocycles. The van der Waals surface area contributed by atoms with Crippen LogP contribution in [-0.2, 0) is 16.6 Å². The van der Waals surface area contributed by atoms with Crippen LogP contribution in [0.5, 0.6) is 0 Å². The van der Waals surface area contributed by atoms with Crippen LogP contribution in [0.3, 0.4) is 0 Å². The third-order valence-electron chi connectivity index (χ3n) is 16.3. The van der Waals surface area contributed by atoms with Gasteiger partial charge in [0.15, 0.2) is 0 Å². The zero-order valence-electron chi connectivity index (χ0n) is 30.8. The fourth-order valence-electron chi connectivity index (χ4n) is 13.5. The van der Waals surface area contributed by atoms with Crippen molar-refractivity contribution in [3.8, 4) is 0 Å². The number of aromatic amines is 1. The smallest absolute Gasteiger partial charge is 0.310 e. The number of aliphatic carboxylic acids is 1. The van der Waals surface area contributed by atoms with E-state index < -0.39 is 11.4 Å². The average Bonchev–Trinajstić information content (AvgIpc) is 3.41. The van der Waals surface area contributed by atoms with E-state index >= 15 is 0 Å². The maximum Gasteiger partial charge on any atom is 0.310 e. The summed E-state index contributed by atoms with van der Waals surface area (Å²) in [7, 11) is 0. The number of rotatable bonds is 3. The van der Waals surface area contributed by atoms with E-state index in [2.05, 4.69) is 87.8 Å². The highest BCUT2D eigenvalue weighted by Gasteiger charge is 2.70. The van der Waals surface area contributed by atoms with E-state index in [-0.39, 0.29) is 33.0 Å². The van der Waals surface area contributed by atoms with Crippen molar-refractivity contribution in [3.63, 3.8) is 0 Å². The van der Waals surface area contributed by atoms with Crippen molar-refractivity contribution < 1.29 is 9.90 Å². The first-order chi connectivity index (χ1) is 22.6. The van der Waals surface area contributed by atoms with Gasteiger partial charge in [0.1, 0.15) is 5.82 Å². The fourth-order valence-corrected chi connectivity index (χ4v) is 13.5. The van der Waals surface area contributed by atoms with Crippen LogP contribution in [0.1, 0.15) is 136 Å². The van der Waals surface area contributed by atoms with E-state index in [4.69, 9.17) is 5.73 Å². The Kier molecular flexibility index (Phi) is 7.02. The van der Waals surface area contributed by atoms with Gasteiger partial charge in [-0.3, -0.25) is 9.89 Å². The number of allylic oxidation sites excluding steroid dienone is 2. The number of piperidine rings is 1. The van der Waals surface area contributed by atoms with Crippen molar-refractivity contribution in [3.05, 3.63) is 46.7 Å². The van der Waals surface area contributed by atoms with E-state index in [1.807, 2.05) is 0 Å². The summed E-state index contributed by atoms with van der Waals surface area (Å²) in [6.07, 6.45) is 12.7. The molecule has 7 atom stereocenters. The summed E-state index contributed by atoms with van der Waals surface area (Å²) in [5, 5.41) is 19.0. The molecule has 3 saturated carbocycles. The second-order valence-electron chi connectivity index (χ2n) is 19.3. The Morgan fingerprint density at radius 1 is 0.917 bits per heavy atom. The van der Waals surface area contributed by atoms with Gasteiger partial charge in [-0.15, -0.1) is 0 Å². The molecule has 6 nitrogen and oxygen atoms in total. The lowest BCUT2D eigenvalue weighted by atomic mass is 9.33. The van der Waals surface area contributed by atoms with Gasteiger partial charge in [-0.25, -0.2) is 0 Å². The molecule has 0 radical (unpaired) electrons. The number of nitrogen functional groups attached to an aromatic ring is 1. The molecule has 0 amide bonds. The Hall–Kier alpha value is -2.76. The van der Waals surface area contributed by atoms with Crippen LogP contribution in [0.4, 0.5) is 11.5 Å². The van der Waals surface area contributed by atoms with Crippen molar-refractivity contribution >= 4 is 23.0 Å². The number of fused-ring (bicyclic) bond motifs is 8. The maximum absolute atomic E-state index is 13.5. The number of nitrogens with one attached hydrogen (secondary N) is 1. The number of aromatic nitrogens is 2. The van der Waals surface area contributed by atoms with Crippen molar-refractivity contribution in [2.45, 2.75) is 131 Å². The third kappa shape index (κ3) is 4.22. The van der Waals surface area contributed by atoms with Gasteiger partial charge in [-0.1, -0.05) is 66.2 Å². The van der Waals surface area contributed by atoms with E-state index in [1.165, 1.54) is 65.8 Å². The number of nitrogens with two attached hydrogens (primary N) is 1. The minimum atomic E-state index is -0.666. The van der Waals surface area contributed by atoms with E-state index in [9.17, 15) is 9.90 Å². The molecule has 2 heterocycles. The molecule has 48 heavy (non-hydrogen) atoms. The van der Waals surface area contributed by atoms with Crippen molar-refractivity contribution in [1.29, 1.82) is 0 Å². The van der Waals surface area contributed by atoms with Crippen molar-refractivity contribution in [2.75, 3.05) is 23.7 Å². The highest BCUT2D eigenvalue weighted by Crippen LogP contribution is 2.77. The summed E-state index contributed by atoms with van der Waals surface area (Å²) in [6.45, 7) is 19.7. The molecule has 4 N–H and O–H groups in total. The number of carboxylic acid groups (broad SMARTS) is 1. The second-order valence-corrected chi connectivity index (χ2v) is 19.3. The van der Waals surface area contributed by atoms with Crippen LogP contribution in [-0.4, -0.2) is 34.4 Å². The monoisotopic (exact) mass is 652 g/mol. The SMILES string of the molecule is CC1(C)CC[C@]2(C(=O)O)CC[C@]3(C)C(=C(c4ccc(N5CCCCC5)cc4)CC4[C@@]5(C)Cc6c(N)n[nH]c6C(C)(C)C5CC[C@]43C)C2C1. The molecule has 1 aliphatic heterocycles. The highest BCUT2D eigenvalue weighted by atomic mass is 16.4. The quantitative estimate of drug-likeness (QED) is 0.307. The van der Waals surface area contributed by atoms with Crippen LogP contribution in [0.2, 0.25) is 0 Å². The largest absolute Gasteiger partial charge is 0.481 e. The molecule has 6 heteroatoms. The van der Waals surface area contributed by atoms with Crippen molar-refractivity contribution in [2.24, 2.45) is 44.8 Å². The van der Waals surface area contributed by atoms with E-state index in [0.717, 1.165) is 58.0 Å². The number of carboxylic acids is 1. The topological polar surface area (TPSA) is 95.2 Å². The summed E-state index contributed by atoms with van der Waals surface area (Å²) in [4.78, 5) is 16.1. The van der Waals surface area contributed by atoms with Gasteiger partial charge in [0.05, 0.1) is 5.41 Å². The van der Waals surface area contributed by atoms with Gasteiger partial charge >= 0.3 is 5.97 Å². The van der Waals surface area contributed by atoms with Crippen LogP contribution in [0.25, 0.3) is 5.57 Å². The summed E-state index contributed by atoms with van der Waals surface area (Å²) in [5.74, 6) is 1.14. The van der Waals surface area contributed by atoms with Gasteiger partial charge in [0.2, 0.25) is 0 Å². The van der Waals surface area contributed by atoms with Gasteiger partial charge < -0.3 is 15.7 Å². The first-order valence-electron chi connectivity index (χ1n) is 19.2. The Bertz CT molecular complexity index is 1660. The molecular weight excluding hydrogens is 592 g/mol. The Morgan fingerprint density at radius 3 is 2.29 bits per heavy atom. The standard InChI is InChI=1S/C42H60N4O2/c1-37(2)17-19-42(36(47)48)20-18-41(7)33(30(42)25-37)28(26-11-13-27(14-12-26)46-21-9-8-10-22-46)23-32-39(5)24-29-34(44-45-35(29)43)38(3,4)31(39)15-16-40(32,41)6/h11-14,30-32H,8-10,15-25H2,1-7H3,(H,47,48)(H3,43,44,45)/t30?,31?,32?,39-,40+,41+,42-/m0/s1. The van der Waals surface area contributed by atoms with Gasteiger partial charge in [0.25, 0.3) is 0 Å². The molecule has 8 rings (SSSR count). The highest BCUT2D eigenvalue weighted by molar-refractivity contribution is 5.80. The third-order valence-corrected chi connectivity index (χ3v) is 16.3. The molecule has 0 bridgehead atoms. The molecule has 260 valence electrons. The summed E-state index contributed by atoms with van der Waals surface area (Å²) in [6, 6.07) is 9.54. The van der Waals surface area contributed by atoms with Crippen molar-refractivity contribution in [1.82, 2.24) is 10.2 Å². The summed E-state index contributed by atoms with van der Waals surface area (Å²) >= 11 is 0. The minimum absolute atomic E-state index is 0.0438. The molecule has 1 saturated heterocycles.